The number of benzene rings is 2. The van der Waals surface area contributed by atoms with Crippen molar-refractivity contribution in [3.05, 3.63) is 69.3 Å². The molecule has 2 aromatic carbocycles. The lowest BCUT2D eigenvalue weighted by molar-refractivity contribution is -0.141. The Morgan fingerprint density at radius 2 is 1.41 bits per heavy atom. The molecule has 0 radical (unpaired) electrons. The zero-order valence-electron chi connectivity index (χ0n) is 23.4. The third-order valence-corrected chi connectivity index (χ3v) is 8.29. The molecule has 4 rings (SSSR count). The lowest BCUT2D eigenvalue weighted by Gasteiger charge is -2.32. The van der Waals surface area contributed by atoms with Gasteiger partial charge in [0.25, 0.3) is 0 Å². The predicted molar refractivity (Wildman–Crippen MR) is 163 cm³/mol. The molecule has 3 aromatic rings. The lowest BCUT2D eigenvalue weighted by Crippen LogP contribution is -2.44. The first-order valence-electron chi connectivity index (χ1n) is 14.7. The highest BCUT2D eigenvalue weighted by Gasteiger charge is 2.36. The van der Waals surface area contributed by atoms with Crippen LogP contribution in [0.5, 0.6) is 0 Å². The molecule has 9 heteroatoms. The van der Waals surface area contributed by atoms with E-state index in [9.17, 15) is 19.5 Å². The van der Waals surface area contributed by atoms with Gasteiger partial charge >= 0.3 is 5.97 Å². The third-order valence-electron chi connectivity index (χ3n) is 7.80. The molecule has 0 aliphatic carbocycles. The predicted octanol–water partition coefficient (Wildman–Crippen LogP) is 8.05. The van der Waals surface area contributed by atoms with Crippen LogP contribution in [-0.4, -0.2) is 39.3 Å². The number of hydrogen-bond acceptors (Lipinski definition) is 3. The van der Waals surface area contributed by atoms with Crippen LogP contribution in [0.4, 0.5) is 0 Å². The third kappa shape index (κ3) is 8.49. The summed E-state index contributed by atoms with van der Waals surface area (Å²) in [6, 6.07) is 11.0. The summed E-state index contributed by atoms with van der Waals surface area (Å²) in [5.74, 6) is -1.80. The Morgan fingerprint density at radius 1 is 0.829 bits per heavy atom. The van der Waals surface area contributed by atoms with Gasteiger partial charge in [-0.3, -0.25) is 9.59 Å². The number of aromatic carboxylic acids is 1. The van der Waals surface area contributed by atoms with Crippen molar-refractivity contribution in [2.75, 3.05) is 6.54 Å². The number of halogens is 2. The summed E-state index contributed by atoms with van der Waals surface area (Å²) in [6.07, 6.45) is 12.0. The topological polar surface area (TPSA) is 102 Å². The van der Waals surface area contributed by atoms with Crippen molar-refractivity contribution in [1.82, 2.24) is 15.2 Å². The number of fused-ring (bicyclic) bond motifs is 1. The molecule has 2 amide bonds. The number of H-pyrrole nitrogens is 1. The first-order valence-corrected chi connectivity index (χ1v) is 15.5. The minimum atomic E-state index is -1.21. The maximum Gasteiger partial charge on any atom is 0.352 e. The molecule has 41 heavy (non-hydrogen) atoms. The van der Waals surface area contributed by atoms with Gasteiger partial charge in [0.05, 0.1) is 0 Å². The number of carbonyl (C=O) groups is 3. The van der Waals surface area contributed by atoms with Crippen LogP contribution in [0.3, 0.4) is 0 Å². The van der Waals surface area contributed by atoms with Crippen molar-refractivity contribution in [1.29, 1.82) is 0 Å². The van der Waals surface area contributed by atoms with Crippen molar-refractivity contribution in [3.63, 3.8) is 0 Å². The molecule has 0 spiro atoms. The number of amides is 2. The SMILES string of the molecule is O=C(O)c1[nH]c2cc(Cl)ccc2c1C1C(=O)NCCCCCCCCCCCCCC(=O)N1Cc1ccc(Cl)cc1. The van der Waals surface area contributed by atoms with E-state index in [1.165, 1.54) is 30.6 Å². The maximum absolute atomic E-state index is 14.0. The van der Waals surface area contributed by atoms with E-state index in [0.717, 1.165) is 44.1 Å². The van der Waals surface area contributed by atoms with E-state index >= 15 is 0 Å². The summed E-state index contributed by atoms with van der Waals surface area (Å²) in [4.78, 5) is 44.9. The van der Waals surface area contributed by atoms with E-state index in [0.29, 0.717) is 33.9 Å². The van der Waals surface area contributed by atoms with Crippen LogP contribution in [-0.2, 0) is 16.1 Å². The number of hydrogen-bond donors (Lipinski definition) is 3. The van der Waals surface area contributed by atoms with Gasteiger partial charge in [-0.2, -0.15) is 0 Å². The standard InChI is InChI=1S/C32H39Cl2N3O4/c33-23-15-13-22(14-16-23)21-37-27(38)12-10-8-6-4-2-1-3-5-7-9-11-19-35-31(39)30(37)28-25-18-17-24(34)20-26(25)36-29(28)32(40)41/h13-18,20,30,36H,1-12,19,21H2,(H,35,39)(H,40,41). The van der Waals surface area contributed by atoms with Crippen LogP contribution >= 0.6 is 23.2 Å². The fraction of sp³-hybridized carbons (Fsp3) is 0.469. The summed E-state index contributed by atoms with van der Waals surface area (Å²) in [5.41, 5.74) is 1.43. The Hall–Kier alpha value is -3.03. The summed E-state index contributed by atoms with van der Waals surface area (Å²) < 4.78 is 0. The Morgan fingerprint density at radius 3 is 2.05 bits per heavy atom. The van der Waals surface area contributed by atoms with Gasteiger partial charge in [0, 0.05) is 46.0 Å². The normalized spacial score (nSPS) is 19.0. The smallest absolute Gasteiger partial charge is 0.352 e. The number of carbonyl (C=O) groups excluding carboxylic acids is 2. The molecule has 1 aliphatic heterocycles. The van der Waals surface area contributed by atoms with Crippen LogP contribution in [0.25, 0.3) is 10.9 Å². The number of aromatic amines is 1. The molecule has 1 aliphatic rings. The van der Waals surface area contributed by atoms with Gasteiger partial charge in [-0.25, -0.2) is 4.79 Å². The number of aromatic nitrogens is 1. The van der Waals surface area contributed by atoms with Gasteiger partial charge in [-0.15, -0.1) is 0 Å². The van der Waals surface area contributed by atoms with E-state index in [1.807, 2.05) is 12.1 Å². The van der Waals surface area contributed by atoms with Crippen LogP contribution in [0, 0.1) is 0 Å². The average Bonchev–Trinajstić information content (AvgIpc) is 3.31. The Labute approximate surface area is 251 Å². The minimum Gasteiger partial charge on any atom is -0.477 e. The fourth-order valence-electron chi connectivity index (χ4n) is 5.63. The quantitative estimate of drug-likeness (QED) is 0.282. The molecule has 1 saturated heterocycles. The summed E-state index contributed by atoms with van der Waals surface area (Å²) >= 11 is 12.3. The van der Waals surface area contributed by atoms with Crippen molar-refractivity contribution in [2.45, 2.75) is 89.6 Å². The average molecular weight is 601 g/mol. The highest BCUT2D eigenvalue weighted by Crippen LogP contribution is 2.35. The Balaban J connectivity index is 1.77. The van der Waals surface area contributed by atoms with Crippen LogP contribution in [0.15, 0.2) is 42.5 Å². The molecule has 1 aromatic heterocycles. The minimum absolute atomic E-state index is 0.126. The van der Waals surface area contributed by atoms with E-state index in [-0.39, 0.29) is 30.1 Å². The van der Waals surface area contributed by atoms with Gasteiger partial charge in [-0.05, 0) is 42.7 Å². The second-order valence-corrected chi connectivity index (χ2v) is 11.8. The number of rotatable bonds is 4. The molecule has 2 heterocycles. The van der Waals surface area contributed by atoms with E-state index < -0.39 is 17.9 Å². The summed E-state index contributed by atoms with van der Waals surface area (Å²) in [7, 11) is 0. The van der Waals surface area contributed by atoms with Crippen LogP contribution in [0.1, 0.15) is 105 Å². The van der Waals surface area contributed by atoms with Gasteiger partial charge < -0.3 is 20.3 Å². The lowest BCUT2D eigenvalue weighted by atomic mass is 9.98. The van der Waals surface area contributed by atoms with Crippen LogP contribution in [0.2, 0.25) is 10.0 Å². The molecule has 0 bridgehead atoms. The van der Waals surface area contributed by atoms with Gasteiger partial charge in [0.1, 0.15) is 11.7 Å². The summed E-state index contributed by atoms with van der Waals surface area (Å²) in [6.45, 7) is 0.586. The van der Waals surface area contributed by atoms with E-state index in [2.05, 4.69) is 10.3 Å². The maximum atomic E-state index is 14.0. The van der Waals surface area contributed by atoms with Crippen LogP contribution < -0.4 is 5.32 Å². The molecule has 220 valence electrons. The molecule has 7 nitrogen and oxygen atoms in total. The summed E-state index contributed by atoms with van der Waals surface area (Å²) in [5, 5.41) is 14.8. The molecular weight excluding hydrogens is 561 g/mol. The second-order valence-electron chi connectivity index (χ2n) is 10.9. The molecule has 1 atom stereocenters. The van der Waals surface area contributed by atoms with E-state index in [1.54, 1.807) is 30.3 Å². The number of carboxylic acids is 1. The number of carboxylic acid groups (broad SMARTS) is 1. The molecule has 0 saturated carbocycles. The molecule has 1 unspecified atom stereocenters. The molecule has 3 N–H and O–H groups in total. The van der Waals surface area contributed by atoms with Gasteiger partial charge in [0.15, 0.2) is 0 Å². The van der Waals surface area contributed by atoms with Gasteiger partial charge in [-0.1, -0.05) is 99.2 Å². The molecule has 1 fully saturated rings. The second kappa shape index (κ2) is 15.3. The van der Waals surface area contributed by atoms with Crippen molar-refractivity contribution < 1.29 is 19.5 Å². The monoisotopic (exact) mass is 599 g/mol. The highest BCUT2D eigenvalue weighted by molar-refractivity contribution is 6.31. The highest BCUT2D eigenvalue weighted by atomic mass is 35.5. The zero-order chi connectivity index (χ0) is 29.2. The van der Waals surface area contributed by atoms with Crippen molar-refractivity contribution in [2.24, 2.45) is 0 Å². The first kappa shape index (κ1) is 30.9. The Kier molecular flexibility index (Phi) is 11.5. The largest absolute Gasteiger partial charge is 0.477 e. The first-order chi connectivity index (χ1) is 19.8. The van der Waals surface area contributed by atoms with E-state index in [4.69, 9.17) is 23.2 Å². The van der Waals surface area contributed by atoms with Crippen molar-refractivity contribution >= 4 is 51.9 Å². The molecular formula is C32H39Cl2N3O4. The van der Waals surface area contributed by atoms with Gasteiger partial charge in [0.2, 0.25) is 11.8 Å². The van der Waals surface area contributed by atoms with Crippen molar-refractivity contribution in [3.8, 4) is 0 Å². The number of nitrogens with one attached hydrogen (secondary N) is 2. The zero-order valence-corrected chi connectivity index (χ0v) is 24.9. The fourth-order valence-corrected chi connectivity index (χ4v) is 5.92. The number of nitrogens with zero attached hydrogens (tertiary/aromatic N) is 1. The Bertz CT molecular complexity index is 1340.